The summed E-state index contributed by atoms with van der Waals surface area (Å²) in [5.74, 6) is 0. The summed E-state index contributed by atoms with van der Waals surface area (Å²) in [7, 11) is 2.24. The Morgan fingerprint density at radius 1 is 1.12 bits per heavy atom. The molecular formula is C11H15BBrNO2. The Balaban J connectivity index is 2.07. The third-order valence-electron chi connectivity index (χ3n) is 4.00. The van der Waals surface area contributed by atoms with Gasteiger partial charge in [0.05, 0.1) is 26.3 Å². The molecular weight excluding hydrogens is 269 g/mol. The van der Waals surface area contributed by atoms with Crippen LogP contribution < -0.4 is 5.46 Å². The molecule has 0 unspecified atom stereocenters. The second-order valence-corrected chi connectivity index (χ2v) is 5.81. The Bertz CT molecular complexity index is 399. The number of fused-ring (bicyclic) bond motifs is 1. The van der Waals surface area contributed by atoms with Crippen molar-refractivity contribution in [3.8, 4) is 0 Å². The highest BCUT2D eigenvalue weighted by molar-refractivity contribution is 9.10. The maximum Gasteiger partial charge on any atom is 0.502 e. The van der Waals surface area contributed by atoms with E-state index >= 15 is 0 Å². The summed E-state index contributed by atoms with van der Waals surface area (Å²) in [6.45, 7) is 2.40. The van der Waals surface area contributed by atoms with Crippen LogP contribution in [0.15, 0.2) is 28.7 Å². The molecule has 86 valence electrons. The van der Waals surface area contributed by atoms with Crippen molar-refractivity contribution in [1.82, 2.24) is 0 Å². The van der Waals surface area contributed by atoms with Crippen LogP contribution in [0.25, 0.3) is 0 Å². The molecule has 0 atom stereocenters. The van der Waals surface area contributed by atoms with Crippen molar-refractivity contribution in [2.75, 3.05) is 33.4 Å². The molecule has 2 heterocycles. The van der Waals surface area contributed by atoms with Gasteiger partial charge >= 0.3 is 6.69 Å². The van der Waals surface area contributed by atoms with Gasteiger partial charge in [-0.3, -0.25) is 0 Å². The lowest BCUT2D eigenvalue weighted by molar-refractivity contribution is -0.798. The zero-order valence-corrected chi connectivity index (χ0v) is 10.9. The molecule has 0 N–H and O–H groups in total. The van der Waals surface area contributed by atoms with E-state index in [-0.39, 0.29) is 0 Å². The van der Waals surface area contributed by atoms with Gasteiger partial charge in [-0.05, 0) is 0 Å². The lowest BCUT2D eigenvalue weighted by Crippen LogP contribution is -2.67. The largest absolute Gasteiger partial charge is 0.505 e. The molecule has 0 spiro atoms. The molecule has 1 aromatic rings. The Morgan fingerprint density at radius 2 is 1.69 bits per heavy atom. The highest BCUT2D eigenvalue weighted by Gasteiger charge is 2.57. The van der Waals surface area contributed by atoms with Crippen LogP contribution in [-0.4, -0.2) is 44.4 Å². The lowest BCUT2D eigenvalue weighted by atomic mass is 9.61. The average molecular weight is 284 g/mol. The molecule has 0 radical (unpaired) electrons. The number of nitrogens with zero attached hydrogens (tertiary/aromatic N) is 1. The van der Waals surface area contributed by atoms with Crippen LogP contribution in [0.3, 0.4) is 0 Å². The Kier molecular flexibility index (Phi) is 2.40. The quantitative estimate of drug-likeness (QED) is 0.719. The first-order valence-corrected chi connectivity index (χ1v) is 6.48. The number of halogens is 1. The van der Waals surface area contributed by atoms with E-state index in [1.165, 1.54) is 5.46 Å². The van der Waals surface area contributed by atoms with Crippen molar-refractivity contribution in [2.45, 2.75) is 0 Å². The molecule has 0 bridgehead atoms. The molecule has 2 saturated heterocycles. The Morgan fingerprint density at radius 3 is 2.25 bits per heavy atom. The summed E-state index contributed by atoms with van der Waals surface area (Å²) in [6, 6.07) is 8.33. The first kappa shape index (κ1) is 10.8. The molecule has 3 rings (SSSR count). The minimum Gasteiger partial charge on any atom is -0.505 e. The van der Waals surface area contributed by atoms with Gasteiger partial charge in [0.25, 0.3) is 0 Å². The predicted octanol–water partition coefficient (Wildman–Crippen LogP) is 1.10. The van der Waals surface area contributed by atoms with E-state index in [2.05, 4.69) is 47.2 Å². The number of quaternary nitrogens is 1. The van der Waals surface area contributed by atoms with E-state index in [0.717, 1.165) is 35.2 Å². The Labute approximate surface area is 104 Å². The third kappa shape index (κ3) is 1.32. The molecule has 0 saturated carbocycles. The van der Waals surface area contributed by atoms with E-state index in [0.29, 0.717) is 0 Å². The molecule has 0 amide bonds. The number of rotatable bonds is 1. The fourth-order valence-corrected chi connectivity index (χ4v) is 3.22. The third-order valence-corrected chi connectivity index (χ3v) is 4.53. The molecule has 0 aromatic heterocycles. The van der Waals surface area contributed by atoms with Crippen molar-refractivity contribution in [1.29, 1.82) is 0 Å². The first-order valence-electron chi connectivity index (χ1n) is 5.69. The summed E-state index contributed by atoms with van der Waals surface area (Å²) in [6.07, 6.45) is 0. The van der Waals surface area contributed by atoms with E-state index in [1.807, 2.05) is 0 Å². The summed E-state index contributed by atoms with van der Waals surface area (Å²) in [5.41, 5.74) is 1.18. The molecule has 2 aliphatic heterocycles. The smallest absolute Gasteiger partial charge is 0.502 e. The molecule has 1 aromatic carbocycles. The van der Waals surface area contributed by atoms with Crippen molar-refractivity contribution >= 4 is 28.1 Å². The van der Waals surface area contributed by atoms with E-state index < -0.39 is 6.69 Å². The van der Waals surface area contributed by atoms with E-state index in [1.54, 1.807) is 0 Å². The summed E-state index contributed by atoms with van der Waals surface area (Å²) in [4.78, 5) is 0. The minimum atomic E-state index is -1.30. The molecule has 3 nitrogen and oxygen atoms in total. The van der Waals surface area contributed by atoms with E-state index in [4.69, 9.17) is 9.31 Å². The zero-order valence-electron chi connectivity index (χ0n) is 9.36. The van der Waals surface area contributed by atoms with Crippen molar-refractivity contribution in [2.24, 2.45) is 0 Å². The van der Waals surface area contributed by atoms with Gasteiger partial charge in [-0.2, -0.15) is 0 Å². The fourth-order valence-electron chi connectivity index (χ4n) is 2.96. The fraction of sp³-hybridized carbons (Fsp3) is 0.455. The SMILES string of the molecule is C[N+]12CCO[B-]1(c1ccc(Br)cc1)OCC2. The minimum absolute atomic E-state index is 0.798. The standard InChI is InChI=1S/C11H15BBrNO2/c1-14-6-8-15-12(14,16-9-7-14)10-2-4-11(13)5-3-10/h2-5H,6-9H2,1H3. The van der Waals surface area contributed by atoms with Crippen LogP contribution in [-0.2, 0) is 9.31 Å². The average Bonchev–Trinajstić information content (AvgIpc) is 2.72. The monoisotopic (exact) mass is 283 g/mol. The van der Waals surface area contributed by atoms with Crippen LogP contribution in [0.4, 0.5) is 0 Å². The number of hydrogen-bond acceptors (Lipinski definition) is 2. The molecule has 16 heavy (non-hydrogen) atoms. The van der Waals surface area contributed by atoms with Crippen LogP contribution in [0.2, 0.25) is 0 Å². The Hall–Kier alpha value is -0.355. The van der Waals surface area contributed by atoms with E-state index in [9.17, 15) is 0 Å². The van der Waals surface area contributed by atoms with Crippen molar-refractivity contribution < 1.29 is 13.7 Å². The molecule has 0 aliphatic carbocycles. The number of benzene rings is 1. The van der Waals surface area contributed by atoms with Gasteiger partial charge in [-0.25, -0.2) is 0 Å². The zero-order chi connectivity index (χ0) is 11.2. The van der Waals surface area contributed by atoms with Gasteiger partial charge in [0.15, 0.2) is 0 Å². The normalized spacial score (nSPS) is 37.6. The number of hydrogen-bond donors (Lipinski definition) is 0. The van der Waals surface area contributed by atoms with Crippen LogP contribution in [0.1, 0.15) is 0 Å². The first-order chi connectivity index (χ1) is 7.66. The van der Waals surface area contributed by atoms with Gasteiger partial charge < -0.3 is 13.7 Å². The predicted molar refractivity (Wildman–Crippen MR) is 67.4 cm³/mol. The summed E-state index contributed by atoms with van der Waals surface area (Å²) < 4.78 is 14.0. The molecule has 2 fully saturated rings. The highest BCUT2D eigenvalue weighted by Crippen LogP contribution is 2.31. The maximum absolute atomic E-state index is 5.99. The van der Waals surface area contributed by atoms with Crippen molar-refractivity contribution in [3.63, 3.8) is 0 Å². The second kappa shape index (κ2) is 3.57. The van der Waals surface area contributed by atoms with Crippen LogP contribution >= 0.6 is 15.9 Å². The molecule has 2 aliphatic rings. The van der Waals surface area contributed by atoms with Crippen LogP contribution in [0.5, 0.6) is 0 Å². The second-order valence-electron chi connectivity index (χ2n) is 4.89. The van der Waals surface area contributed by atoms with Gasteiger partial charge in [-0.15, -0.1) is 0 Å². The van der Waals surface area contributed by atoms with Gasteiger partial charge in [-0.1, -0.05) is 45.7 Å². The lowest BCUT2D eigenvalue weighted by Gasteiger charge is -2.43. The summed E-state index contributed by atoms with van der Waals surface area (Å²) in [5, 5.41) is 0. The topological polar surface area (TPSA) is 18.5 Å². The maximum atomic E-state index is 5.99. The summed E-state index contributed by atoms with van der Waals surface area (Å²) >= 11 is 3.46. The molecule has 5 heteroatoms. The van der Waals surface area contributed by atoms with Gasteiger partial charge in [0.2, 0.25) is 0 Å². The van der Waals surface area contributed by atoms with Crippen molar-refractivity contribution in [3.05, 3.63) is 28.7 Å². The number of likely N-dealkylation sites (N-methyl/N-ethyl adjacent to an activating group) is 1. The van der Waals surface area contributed by atoms with Gasteiger partial charge in [0.1, 0.15) is 0 Å². The van der Waals surface area contributed by atoms with Gasteiger partial charge in [0, 0.05) is 11.5 Å². The highest BCUT2D eigenvalue weighted by atomic mass is 79.9. The van der Waals surface area contributed by atoms with Crippen LogP contribution in [0, 0.1) is 0 Å².